The summed E-state index contributed by atoms with van der Waals surface area (Å²) in [5.41, 5.74) is 0. The second-order valence-electron chi connectivity index (χ2n) is 3.83. The van der Waals surface area contributed by atoms with Gasteiger partial charge in [0.2, 0.25) is 11.2 Å². The summed E-state index contributed by atoms with van der Waals surface area (Å²) in [6, 6.07) is 1.78. The first-order valence-electron chi connectivity index (χ1n) is 5.96. The first-order valence-corrected chi connectivity index (χ1v) is 6.34. The number of hydrogen-bond donors (Lipinski definition) is 1. The van der Waals surface area contributed by atoms with Gasteiger partial charge in [-0.05, 0) is 31.5 Å². The molecule has 0 saturated carbocycles. The van der Waals surface area contributed by atoms with Gasteiger partial charge in [0.25, 0.3) is 5.95 Å². The van der Waals surface area contributed by atoms with Crippen LogP contribution >= 0.6 is 11.6 Å². The highest BCUT2D eigenvalue weighted by Gasteiger charge is 2.08. The Bertz CT molecular complexity index is 518. The van der Waals surface area contributed by atoms with Crippen LogP contribution in [-0.2, 0) is 4.74 Å². The van der Waals surface area contributed by atoms with E-state index in [0.717, 1.165) is 0 Å². The largest absolute Gasteiger partial charge is 0.377 e. The molecule has 2 aromatic rings. The van der Waals surface area contributed by atoms with Crippen molar-refractivity contribution in [1.29, 1.82) is 0 Å². The zero-order valence-corrected chi connectivity index (χ0v) is 11.5. The monoisotopic (exact) mass is 282 g/mol. The van der Waals surface area contributed by atoms with Gasteiger partial charge >= 0.3 is 0 Å². The summed E-state index contributed by atoms with van der Waals surface area (Å²) in [5, 5.41) is 7.22. The second kappa shape index (κ2) is 6.44. The van der Waals surface area contributed by atoms with Crippen LogP contribution in [0.2, 0.25) is 5.28 Å². The predicted molar refractivity (Wildman–Crippen MR) is 71.5 cm³/mol. The van der Waals surface area contributed by atoms with Crippen LogP contribution in [0.15, 0.2) is 18.5 Å². The molecule has 0 saturated heterocycles. The molecule has 2 heterocycles. The lowest BCUT2D eigenvalue weighted by molar-refractivity contribution is 0.0854. The van der Waals surface area contributed by atoms with Crippen molar-refractivity contribution in [2.45, 2.75) is 20.0 Å². The summed E-state index contributed by atoms with van der Waals surface area (Å²) in [7, 11) is 0. The Morgan fingerprint density at radius 2 is 2.26 bits per heavy atom. The van der Waals surface area contributed by atoms with Crippen LogP contribution in [-0.4, -0.2) is 44.0 Å². The molecule has 19 heavy (non-hydrogen) atoms. The predicted octanol–water partition coefficient (Wildman–Crippen LogP) is 1.55. The highest BCUT2D eigenvalue weighted by Crippen LogP contribution is 2.09. The van der Waals surface area contributed by atoms with Gasteiger partial charge in [-0.1, -0.05) is 0 Å². The maximum atomic E-state index is 5.87. The number of halogens is 1. The number of aromatic nitrogens is 5. The van der Waals surface area contributed by atoms with E-state index in [1.54, 1.807) is 18.5 Å². The first-order chi connectivity index (χ1) is 9.19. The molecule has 0 aromatic carbocycles. The average molecular weight is 283 g/mol. The van der Waals surface area contributed by atoms with E-state index in [0.29, 0.717) is 25.0 Å². The summed E-state index contributed by atoms with van der Waals surface area (Å²) >= 11 is 5.87. The lowest BCUT2D eigenvalue weighted by atomic mass is 10.4. The van der Waals surface area contributed by atoms with Crippen molar-refractivity contribution in [2.75, 3.05) is 18.5 Å². The zero-order chi connectivity index (χ0) is 13.7. The van der Waals surface area contributed by atoms with Gasteiger partial charge in [-0.2, -0.15) is 20.1 Å². The fraction of sp³-hybridized carbons (Fsp3) is 0.455. The van der Waals surface area contributed by atoms with Crippen LogP contribution in [0.3, 0.4) is 0 Å². The Balaban J connectivity index is 2.09. The van der Waals surface area contributed by atoms with Gasteiger partial charge in [-0.15, -0.1) is 0 Å². The fourth-order valence-electron chi connectivity index (χ4n) is 1.49. The quantitative estimate of drug-likeness (QED) is 0.866. The Labute approximate surface area is 116 Å². The number of anilines is 1. The van der Waals surface area contributed by atoms with Crippen LogP contribution in [0.5, 0.6) is 0 Å². The molecule has 1 unspecified atom stereocenters. The molecular weight excluding hydrogens is 268 g/mol. The van der Waals surface area contributed by atoms with Crippen molar-refractivity contribution in [3.8, 4) is 5.95 Å². The van der Waals surface area contributed by atoms with Crippen molar-refractivity contribution in [2.24, 2.45) is 0 Å². The molecule has 1 atom stereocenters. The van der Waals surface area contributed by atoms with E-state index < -0.39 is 0 Å². The molecule has 2 rings (SSSR count). The smallest absolute Gasteiger partial charge is 0.256 e. The van der Waals surface area contributed by atoms with Crippen LogP contribution in [0, 0.1) is 0 Å². The second-order valence-corrected chi connectivity index (χ2v) is 4.16. The van der Waals surface area contributed by atoms with Gasteiger partial charge in [0, 0.05) is 25.5 Å². The Morgan fingerprint density at radius 3 is 2.95 bits per heavy atom. The molecular formula is C11H15ClN6O. The number of ether oxygens (including phenoxy) is 1. The van der Waals surface area contributed by atoms with E-state index in [1.165, 1.54) is 4.68 Å². The van der Waals surface area contributed by atoms with Gasteiger partial charge in [0.1, 0.15) is 0 Å². The van der Waals surface area contributed by atoms with Crippen LogP contribution in [0.1, 0.15) is 13.8 Å². The standard InChI is InChI=1S/C11H15ClN6O/c1-3-19-8(2)7-13-10-15-9(12)16-11(17-10)18-6-4-5-14-18/h4-6,8H,3,7H2,1-2H3,(H,13,15,16,17). The van der Waals surface area contributed by atoms with Crippen molar-refractivity contribution in [3.63, 3.8) is 0 Å². The summed E-state index contributed by atoms with van der Waals surface area (Å²) in [5.74, 6) is 0.772. The van der Waals surface area contributed by atoms with Crippen LogP contribution < -0.4 is 5.32 Å². The van der Waals surface area contributed by atoms with Crippen molar-refractivity contribution >= 4 is 17.5 Å². The van der Waals surface area contributed by atoms with E-state index in [2.05, 4.69) is 25.4 Å². The topological polar surface area (TPSA) is 77.8 Å². The summed E-state index contributed by atoms with van der Waals surface area (Å²) in [6.45, 7) is 5.17. The van der Waals surface area contributed by atoms with E-state index >= 15 is 0 Å². The maximum absolute atomic E-state index is 5.87. The number of rotatable bonds is 6. The molecule has 2 aromatic heterocycles. The zero-order valence-electron chi connectivity index (χ0n) is 10.7. The third kappa shape index (κ3) is 3.87. The fourth-order valence-corrected chi connectivity index (χ4v) is 1.64. The minimum Gasteiger partial charge on any atom is -0.377 e. The van der Waals surface area contributed by atoms with E-state index in [9.17, 15) is 0 Å². The average Bonchev–Trinajstić information content (AvgIpc) is 2.90. The lowest BCUT2D eigenvalue weighted by Crippen LogP contribution is -2.21. The highest BCUT2D eigenvalue weighted by atomic mass is 35.5. The molecule has 0 amide bonds. The molecule has 0 aliphatic rings. The SMILES string of the molecule is CCOC(C)CNc1nc(Cl)nc(-n2cccn2)n1. The maximum Gasteiger partial charge on any atom is 0.256 e. The number of nitrogens with one attached hydrogen (secondary N) is 1. The summed E-state index contributed by atoms with van der Waals surface area (Å²) in [6.07, 6.45) is 3.44. The summed E-state index contributed by atoms with van der Waals surface area (Å²) in [4.78, 5) is 12.3. The van der Waals surface area contributed by atoms with Gasteiger partial charge in [0.05, 0.1) is 6.10 Å². The molecule has 1 N–H and O–H groups in total. The van der Waals surface area contributed by atoms with E-state index in [1.807, 2.05) is 13.8 Å². The number of hydrogen-bond acceptors (Lipinski definition) is 6. The Morgan fingerprint density at radius 1 is 1.42 bits per heavy atom. The molecule has 8 heteroatoms. The van der Waals surface area contributed by atoms with Crippen LogP contribution in [0.25, 0.3) is 5.95 Å². The van der Waals surface area contributed by atoms with Gasteiger partial charge < -0.3 is 10.1 Å². The molecule has 0 aliphatic heterocycles. The van der Waals surface area contributed by atoms with Crippen LogP contribution in [0.4, 0.5) is 5.95 Å². The normalized spacial score (nSPS) is 12.4. The molecule has 0 fully saturated rings. The highest BCUT2D eigenvalue weighted by molar-refractivity contribution is 6.28. The molecule has 0 radical (unpaired) electrons. The van der Waals surface area contributed by atoms with Gasteiger partial charge in [0.15, 0.2) is 0 Å². The van der Waals surface area contributed by atoms with E-state index in [-0.39, 0.29) is 11.4 Å². The van der Waals surface area contributed by atoms with Crippen molar-refractivity contribution in [1.82, 2.24) is 24.7 Å². The third-order valence-electron chi connectivity index (χ3n) is 2.30. The molecule has 102 valence electrons. The Hall–Kier alpha value is -1.73. The first kappa shape index (κ1) is 13.7. The van der Waals surface area contributed by atoms with Gasteiger partial charge in [-0.25, -0.2) is 4.68 Å². The molecule has 0 bridgehead atoms. The number of nitrogens with zero attached hydrogens (tertiary/aromatic N) is 5. The summed E-state index contributed by atoms with van der Waals surface area (Å²) < 4.78 is 6.93. The Kier molecular flexibility index (Phi) is 4.64. The molecule has 0 aliphatic carbocycles. The third-order valence-corrected chi connectivity index (χ3v) is 2.47. The van der Waals surface area contributed by atoms with Crippen molar-refractivity contribution < 1.29 is 4.74 Å². The van der Waals surface area contributed by atoms with Gasteiger partial charge in [-0.3, -0.25) is 0 Å². The molecule has 0 spiro atoms. The lowest BCUT2D eigenvalue weighted by Gasteiger charge is -2.12. The van der Waals surface area contributed by atoms with Crippen molar-refractivity contribution in [3.05, 3.63) is 23.7 Å². The minimum absolute atomic E-state index is 0.0636. The molecule has 7 nitrogen and oxygen atoms in total. The van der Waals surface area contributed by atoms with E-state index in [4.69, 9.17) is 16.3 Å². The minimum atomic E-state index is 0.0636.